The van der Waals surface area contributed by atoms with Crippen molar-refractivity contribution in [2.45, 2.75) is 38.5 Å². The Morgan fingerprint density at radius 2 is 1.79 bits per heavy atom. The molecule has 0 N–H and O–H groups in total. The van der Waals surface area contributed by atoms with Crippen molar-refractivity contribution in [2.24, 2.45) is 0 Å². The van der Waals surface area contributed by atoms with Crippen molar-refractivity contribution in [3.63, 3.8) is 0 Å². The molecular formula is C16H19ClN2. The first-order valence-electron chi connectivity index (χ1n) is 6.46. The molecule has 1 heterocycles. The van der Waals surface area contributed by atoms with Gasteiger partial charge >= 0.3 is 0 Å². The third-order valence-electron chi connectivity index (χ3n) is 3.50. The Bertz CT molecular complexity index is 562. The minimum Gasteiger partial charge on any atom is -0.240 e. The smallest absolute Gasteiger partial charge is 0.138 e. The molecule has 0 saturated carbocycles. The number of aryl methyl sites for hydroxylation is 1. The quantitative estimate of drug-likeness (QED) is 0.775. The molecule has 1 unspecified atom stereocenters. The topological polar surface area (TPSA) is 25.8 Å². The lowest BCUT2D eigenvalue weighted by molar-refractivity contribution is 0.585. The molecular weight excluding hydrogens is 256 g/mol. The van der Waals surface area contributed by atoms with Gasteiger partial charge in [0.2, 0.25) is 0 Å². The second kappa shape index (κ2) is 5.30. The Labute approximate surface area is 119 Å². The molecule has 0 spiro atoms. The lowest BCUT2D eigenvalue weighted by Gasteiger charge is -2.24. The summed E-state index contributed by atoms with van der Waals surface area (Å²) >= 11 is 6.11. The first-order valence-corrected chi connectivity index (χ1v) is 6.90. The summed E-state index contributed by atoms with van der Waals surface area (Å²) in [5.74, 6) is 0.831. The number of aromatic nitrogens is 2. The maximum absolute atomic E-state index is 6.11. The van der Waals surface area contributed by atoms with Crippen molar-refractivity contribution in [1.29, 1.82) is 0 Å². The van der Waals surface area contributed by atoms with Crippen LogP contribution in [0, 0.1) is 6.92 Å². The van der Waals surface area contributed by atoms with Crippen LogP contribution in [0.5, 0.6) is 0 Å². The summed E-state index contributed by atoms with van der Waals surface area (Å²) in [7, 11) is 0. The van der Waals surface area contributed by atoms with Gasteiger partial charge in [-0.05, 0) is 33.3 Å². The molecule has 1 aromatic heterocycles. The van der Waals surface area contributed by atoms with E-state index in [9.17, 15) is 0 Å². The summed E-state index contributed by atoms with van der Waals surface area (Å²) in [6.45, 7) is 8.21. The van der Waals surface area contributed by atoms with Gasteiger partial charge in [0.1, 0.15) is 5.82 Å². The van der Waals surface area contributed by atoms with Gasteiger partial charge in [-0.2, -0.15) is 0 Å². The number of halogens is 1. The molecule has 0 aliphatic rings. The zero-order chi connectivity index (χ0) is 14.0. The van der Waals surface area contributed by atoms with Crippen molar-refractivity contribution in [3.8, 4) is 0 Å². The normalized spacial score (nSPS) is 13.3. The molecule has 0 bridgehead atoms. The second-order valence-electron chi connectivity index (χ2n) is 5.34. The van der Waals surface area contributed by atoms with Crippen LogP contribution in [-0.2, 0) is 5.41 Å². The van der Waals surface area contributed by atoms with Gasteiger partial charge in [-0.15, -0.1) is 11.6 Å². The van der Waals surface area contributed by atoms with Crippen LogP contribution < -0.4 is 0 Å². The van der Waals surface area contributed by atoms with Gasteiger partial charge in [0.15, 0.2) is 0 Å². The van der Waals surface area contributed by atoms with E-state index >= 15 is 0 Å². The van der Waals surface area contributed by atoms with E-state index in [1.165, 1.54) is 5.56 Å². The summed E-state index contributed by atoms with van der Waals surface area (Å²) in [6, 6.07) is 10.3. The third kappa shape index (κ3) is 2.79. The van der Waals surface area contributed by atoms with Crippen molar-refractivity contribution < 1.29 is 0 Å². The van der Waals surface area contributed by atoms with Gasteiger partial charge in [-0.1, -0.05) is 30.3 Å². The number of rotatable bonds is 3. The van der Waals surface area contributed by atoms with Crippen LogP contribution in [0.25, 0.3) is 0 Å². The molecule has 0 amide bonds. The van der Waals surface area contributed by atoms with Crippen molar-refractivity contribution in [1.82, 2.24) is 9.97 Å². The molecule has 2 rings (SSSR count). The average molecular weight is 275 g/mol. The Kier molecular flexibility index (Phi) is 3.91. The summed E-state index contributed by atoms with van der Waals surface area (Å²) in [5.41, 5.74) is 2.95. The average Bonchev–Trinajstić information content (AvgIpc) is 2.39. The van der Waals surface area contributed by atoms with E-state index in [2.05, 4.69) is 35.9 Å². The molecule has 19 heavy (non-hydrogen) atoms. The Morgan fingerprint density at radius 1 is 1.16 bits per heavy atom. The minimum absolute atomic E-state index is 0.0612. The predicted octanol–water partition coefficient (Wildman–Crippen LogP) is 4.41. The number of hydrogen-bond donors (Lipinski definition) is 0. The lowest BCUT2D eigenvalue weighted by atomic mass is 9.83. The molecule has 1 atom stereocenters. The van der Waals surface area contributed by atoms with Gasteiger partial charge in [0, 0.05) is 22.9 Å². The Hall–Kier alpha value is -1.41. The number of nitrogens with zero attached hydrogens (tertiary/aromatic N) is 2. The Balaban J connectivity index is 2.44. The van der Waals surface area contributed by atoms with Crippen LogP contribution >= 0.6 is 11.6 Å². The van der Waals surface area contributed by atoms with Crippen LogP contribution in [0.2, 0.25) is 0 Å². The molecule has 3 heteroatoms. The van der Waals surface area contributed by atoms with Gasteiger partial charge in [0.05, 0.1) is 5.38 Å². The molecule has 1 aromatic carbocycles. The first-order chi connectivity index (χ1) is 8.93. The molecule has 2 aromatic rings. The van der Waals surface area contributed by atoms with Gasteiger partial charge in [-0.25, -0.2) is 9.97 Å². The van der Waals surface area contributed by atoms with E-state index in [4.69, 9.17) is 11.6 Å². The molecule has 0 saturated heterocycles. The standard InChI is InChI=1S/C16H19ClN2/c1-11(17)14-10-18-15(19-12(14)2)16(3,4)13-8-6-5-7-9-13/h5-11H,1-4H3. The maximum Gasteiger partial charge on any atom is 0.138 e. The van der Waals surface area contributed by atoms with Crippen LogP contribution in [0.15, 0.2) is 36.5 Å². The highest BCUT2D eigenvalue weighted by Crippen LogP contribution is 2.30. The van der Waals surface area contributed by atoms with Crippen LogP contribution in [-0.4, -0.2) is 9.97 Å². The second-order valence-corrected chi connectivity index (χ2v) is 6.00. The number of benzene rings is 1. The largest absolute Gasteiger partial charge is 0.240 e. The first kappa shape index (κ1) is 14.0. The van der Waals surface area contributed by atoms with E-state index < -0.39 is 0 Å². The molecule has 2 nitrogen and oxygen atoms in total. The summed E-state index contributed by atoms with van der Waals surface area (Å²) in [5, 5.41) is -0.0612. The van der Waals surface area contributed by atoms with Gasteiger partial charge in [0.25, 0.3) is 0 Å². The SMILES string of the molecule is Cc1nc(C(C)(C)c2ccccc2)ncc1C(C)Cl. The molecule has 100 valence electrons. The highest BCUT2D eigenvalue weighted by atomic mass is 35.5. The van der Waals surface area contributed by atoms with Crippen molar-refractivity contribution >= 4 is 11.6 Å². The molecule has 0 aliphatic heterocycles. The Morgan fingerprint density at radius 3 is 2.32 bits per heavy atom. The van der Waals surface area contributed by atoms with E-state index in [-0.39, 0.29) is 10.8 Å². The summed E-state index contributed by atoms with van der Waals surface area (Å²) < 4.78 is 0. The van der Waals surface area contributed by atoms with Crippen molar-refractivity contribution in [3.05, 3.63) is 59.2 Å². The van der Waals surface area contributed by atoms with Gasteiger partial charge < -0.3 is 0 Å². The maximum atomic E-state index is 6.11. The van der Waals surface area contributed by atoms with Crippen LogP contribution in [0.1, 0.15) is 48.8 Å². The highest BCUT2D eigenvalue weighted by Gasteiger charge is 2.26. The zero-order valence-electron chi connectivity index (χ0n) is 11.8. The third-order valence-corrected chi connectivity index (χ3v) is 3.74. The molecule has 0 aliphatic carbocycles. The van der Waals surface area contributed by atoms with Crippen molar-refractivity contribution in [2.75, 3.05) is 0 Å². The fourth-order valence-corrected chi connectivity index (χ4v) is 2.37. The minimum atomic E-state index is -0.208. The lowest BCUT2D eigenvalue weighted by Crippen LogP contribution is -2.23. The molecule has 0 radical (unpaired) electrons. The highest BCUT2D eigenvalue weighted by molar-refractivity contribution is 6.20. The monoisotopic (exact) mass is 274 g/mol. The van der Waals surface area contributed by atoms with Gasteiger partial charge in [-0.3, -0.25) is 0 Å². The van der Waals surface area contributed by atoms with E-state index in [1.54, 1.807) is 0 Å². The number of alkyl halides is 1. The number of hydrogen-bond acceptors (Lipinski definition) is 2. The summed E-state index contributed by atoms with van der Waals surface area (Å²) in [6.07, 6.45) is 1.85. The summed E-state index contributed by atoms with van der Waals surface area (Å²) in [4.78, 5) is 9.16. The van der Waals surface area contributed by atoms with E-state index in [0.29, 0.717) is 0 Å². The molecule has 0 fully saturated rings. The van der Waals surface area contributed by atoms with E-state index in [0.717, 1.165) is 17.1 Å². The predicted molar refractivity (Wildman–Crippen MR) is 79.6 cm³/mol. The van der Waals surface area contributed by atoms with Crippen LogP contribution in [0.3, 0.4) is 0 Å². The zero-order valence-corrected chi connectivity index (χ0v) is 12.6. The van der Waals surface area contributed by atoms with E-state index in [1.807, 2.05) is 38.2 Å². The fourth-order valence-electron chi connectivity index (χ4n) is 2.15. The van der Waals surface area contributed by atoms with Crippen LogP contribution in [0.4, 0.5) is 0 Å². The fraction of sp³-hybridized carbons (Fsp3) is 0.375.